The quantitative estimate of drug-likeness (QED) is 0.334. The van der Waals surface area contributed by atoms with E-state index in [0.717, 1.165) is 45.5 Å². The summed E-state index contributed by atoms with van der Waals surface area (Å²) in [5.74, 6) is -1.53. The second-order valence-electron chi connectivity index (χ2n) is 9.53. The van der Waals surface area contributed by atoms with Gasteiger partial charge >= 0.3 is 7.60 Å². The van der Waals surface area contributed by atoms with Crippen molar-refractivity contribution in [3.63, 3.8) is 0 Å². The minimum Gasteiger partial charge on any atom is -0.324 e. The van der Waals surface area contributed by atoms with E-state index < -0.39 is 30.5 Å². The van der Waals surface area contributed by atoms with E-state index >= 15 is 0 Å². The average molecular weight is 479 g/mol. The predicted molar refractivity (Wildman–Crippen MR) is 126 cm³/mol. The van der Waals surface area contributed by atoms with Gasteiger partial charge in [-0.2, -0.15) is 0 Å². The average Bonchev–Trinajstić information content (AvgIpc) is 3.47. The second-order valence-corrected chi connectivity index (χ2v) is 12.6. The molecule has 1 heterocycles. The monoisotopic (exact) mass is 478 g/mol. The largest absolute Gasteiger partial charge is 0.337 e. The molecule has 0 spiro atoms. The third-order valence-corrected chi connectivity index (χ3v) is 9.95. The molecule has 3 aromatic rings. The molecule has 0 radical (unpaired) electrons. The van der Waals surface area contributed by atoms with Crippen molar-refractivity contribution in [2.24, 2.45) is 5.92 Å². The first kappa shape index (κ1) is 23.6. The molecule has 7 heteroatoms. The minimum atomic E-state index is -4.19. The first-order valence-electron chi connectivity index (χ1n) is 11.0. The lowest BCUT2D eigenvalue weighted by Gasteiger charge is -2.34. The molecule has 32 heavy (non-hydrogen) atoms. The van der Waals surface area contributed by atoms with Crippen LogP contribution in [0.5, 0.6) is 0 Å². The Kier molecular flexibility index (Phi) is 6.36. The molecule has 0 saturated heterocycles. The zero-order valence-electron chi connectivity index (χ0n) is 18.8. The van der Waals surface area contributed by atoms with Gasteiger partial charge in [0.1, 0.15) is 0 Å². The van der Waals surface area contributed by atoms with Gasteiger partial charge in [0.05, 0.1) is 11.3 Å². The molecule has 172 valence electrons. The van der Waals surface area contributed by atoms with Crippen molar-refractivity contribution in [1.82, 2.24) is 0 Å². The normalized spacial score (nSPS) is 17.6. The number of benzene rings is 2. The molecule has 0 bridgehead atoms. The molecule has 0 amide bonds. The van der Waals surface area contributed by atoms with Crippen LogP contribution in [0.3, 0.4) is 0 Å². The first-order chi connectivity index (χ1) is 15.0. The number of hydrogen-bond acceptors (Lipinski definition) is 3. The van der Waals surface area contributed by atoms with Crippen molar-refractivity contribution in [2.75, 3.05) is 0 Å². The molecule has 1 aliphatic carbocycles. The van der Waals surface area contributed by atoms with Gasteiger partial charge in [-0.25, -0.2) is 8.78 Å². The lowest BCUT2D eigenvalue weighted by atomic mass is 9.95. The molecule has 1 N–H and O–H groups in total. The van der Waals surface area contributed by atoms with Gasteiger partial charge in [-0.05, 0) is 79.7 Å². The Bertz CT molecular complexity index is 1180. The maximum atomic E-state index is 14.0. The highest BCUT2D eigenvalue weighted by molar-refractivity contribution is 7.53. The van der Waals surface area contributed by atoms with E-state index in [-0.39, 0.29) is 12.3 Å². The van der Waals surface area contributed by atoms with Crippen LogP contribution in [-0.4, -0.2) is 10.5 Å². The molecular weight excluding hydrogens is 449 g/mol. The van der Waals surface area contributed by atoms with Crippen molar-refractivity contribution in [3.05, 3.63) is 70.1 Å². The van der Waals surface area contributed by atoms with Crippen molar-refractivity contribution in [1.29, 1.82) is 0 Å². The molecule has 1 aliphatic rings. The number of hydrogen-bond donors (Lipinski definition) is 1. The Morgan fingerprint density at radius 1 is 1.16 bits per heavy atom. The summed E-state index contributed by atoms with van der Waals surface area (Å²) in [5.41, 5.74) is -0.113. The fourth-order valence-corrected chi connectivity index (χ4v) is 7.60. The zero-order chi connectivity index (χ0) is 23.3. The number of halogens is 2. The Morgan fingerprint density at radius 2 is 1.84 bits per heavy atom. The van der Waals surface area contributed by atoms with Crippen LogP contribution in [0.4, 0.5) is 8.78 Å². The summed E-state index contributed by atoms with van der Waals surface area (Å²) in [6.07, 6.45) is 2.17. The lowest BCUT2D eigenvalue weighted by molar-refractivity contribution is 0.0449. The topological polar surface area (TPSA) is 46.5 Å². The van der Waals surface area contributed by atoms with Crippen LogP contribution in [-0.2, 0) is 15.5 Å². The van der Waals surface area contributed by atoms with Crippen LogP contribution in [0.1, 0.15) is 68.1 Å². The van der Waals surface area contributed by atoms with Crippen molar-refractivity contribution in [2.45, 2.75) is 64.1 Å². The molecule has 1 saturated carbocycles. The highest BCUT2D eigenvalue weighted by Gasteiger charge is 2.44. The maximum absolute atomic E-state index is 14.0. The molecule has 4 rings (SSSR count). The fraction of sp³-hybridized carbons (Fsp3) is 0.440. The van der Waals surface area contributed by atoms with E-state index in [9.17, 15) is 18.2 Å². The standard InChI is InChI=1S/C25H29F2O3PS/c1-15(2)25(3,4)30-31(28,29)21(14-16-9-12-19(26)20(27)13-16)24-23(17-10-11-17)18-7-5-6-8-22(18)32-24/h5-9,12-13,15,17,21H,10-11,14H2,1-4H3,(H,28,29). The summed E-state index contributed by atoms with van der Waals surface area (Å²) >= 11 is 1.51. The molecule has 1 fully saturated rings. The van der Waals surface area contributed by atoms with Crippen LogP contribution in [0.25, 0.3) is 10.1 Å². The summed E-state index contributed by atoms with van der Waals surface area (Å²) in [7, 11) is -4.19. The Labute approximate surface area is 192 Å². The number of rotatable bonds is 8. The summed E-state index contributed by atoms with van der Waals surface area (Å²) in [4.78, 5) is 12.1. The van der Waals surface area contributed by atoms with Gasteiger partial charge in [-0.3, -0.25) is 4.57 Å². The third kappa shape index (κ3) is 4.70. The fourth-order valence-electron chi connectivity index (χ4n) is 3.88. The minimum absolute atomic E-state index is 0.0113. The van der Waals surface area contributed by atoms with E-state index in [1.54, 1.807) is 0 Å². The first-order valence-corrected chi connectivity index (χ1v) is 13.4. The van der Waals surface area contributed by atoms with Gasteiger partial charge in [0.15, 0.2) is 11.6 Å². The highest BCUT2D eigenvalue weighted by atomic mass is 32.1. The van der Waals surface area contributed by atoms with E-state index in [0.29, 0.717) is 11.5 Å². The van der Waals surface area contributed by atoms with Gasteiger partial charge in [0, 0.05) is 9.58 Å². The van der Waals surface area contributed by atoms with Gasteiger partial charge in [0.25, 0.3) is 0 Å². The van der Waals surface area contributed by atoms with Gasteiger partial charge in [-0.1, -0.05) is 38.1 Å². The summed E-state index contributed by atoms with van der Waals surface area (Å²) in [6, 6.07) is 11.7. The third-order valence-electron chi connectivity index (χ3n) is 6.51. The summed E-state index contributed by atoms with van der Waals surface area (Å²) < 4.78 is 48.3. The predicted octanol–water partition coefficient (Wildman–Crippen LogP) is 7.98. The van der Waals surface area contributed by atoms with Crippen LogP contribution in [0.15, 0.2) is 42.5 Å². The Morgan fingerprint density at radius 3 is 2.47 bits per heavy atom. The van der Waals surface area contributed by atoms with Crippen molar-refractivity contribution < 1.29 is 22.8 Å². The lowest BCUT2D eigenvalue weighted by Crippen LogP contribution is -2.30. The molecule has 3 nitrogen and oxygen atoms in total. The second kappa shape index (κ2) is 8.64. The molecule has 2 atom stereocenters. The van der Waals surface area contributed by atoms with Gasteiger partial charge in [0.2, 0.25) is 0 Å². The van der Waals surface area contributed by atoms with E-state index in [1.165, 1.54) is 17.4 Å². The van der Waals surface area contributed by atoms with E-state index in [2.05, 4.69) is 6.07 Å². The number of thiophene rings is 1. The summed E-state index contributed by atoms with van der Waals surface area (Å²) in [5, 5.41) is 1.11. The SMILES string of the molecule is CC(C)C(C)(C)OP(=O)(O)C(Cc1ccc(F)c(F)c1)c1sc2ccccc2c1C1CC1. The van der Waals surface area contributed by atoms with Crippen LogP contribution in [0, 0.1) is 17.6 Å². The highest BCUT2D eigenvalue weighted by Crippen LogP contribution is 2.64. The van der Waals surface area contributed by atoms with E-state index in [4.69, 9.17) is 4.52 Å². The van der Waals surface area contributed by atoms with Crippen LogP contribution < -0.4 is 0 Å². The molecule has 1 aromatic heterocycles. The molecule has 2 unspecified atom stereocenters. The number of fused-ring (bicyclic) bond motifs is 1. The van der Waals surface area contributed by atoms with Gasteiger partial charge < -0.3 is 9.42 Å². The van der Waals surface area contributed by atoms with Crippen molar-refractivity contribution >= 4 is 29.0 Å². The maximum Gasteiger partial charge on any atom is 0.337 e. The Balaban J connectivity index is 1.84. The summed E-state index contributed by atoms with van der Waals surface area (Å²) in [6.45, 7) is 7.50. The molecule has 0 aliphatic heterocycles. The van der Waals surface area contributed by atoms with Crippen LogP contribution in [0.2, 0.25) is 0 Å². The van der Waals surface area contributed by atoms with Crippen molar-refractivity contribution in [3.8, 4) is 0 Å². The zero-order valence-corrected chi connectivity index (χ0v) is 20.5. The van der Waals surface area contributed by atoms with E-state index in [1.807, 2.05) is 45.9 Å². The molecule has 2 aromatic carbocycles. The Hall–Kier alpha value is -1.59. The smallest absolute Gasteiger partial charge is 0.324 e. The molecular formula is C25H29F2O3PS. The van der Waals surface area contributed by atoms with Gasteiger partial charge in [-0.15, -0.1) is 11.3 Å². The van der Waals surface area contributed by atoms with Crippen LogP contribution >= 0.6 is 18.9 Å².